The number of thiophene rings is 1. The highest BCUT2D eigenvalue weighted by molar-refractivity contribution is 7.20. The normalized spacial score (nSPS) is 12.2. The average molecular weight is 316 g/mol. The fourth-order valence-electron chi connectivity index (χ4n) is 1.57. The van der Waals surface area contributed by atoms with Gasteiger partial charge in [0.15, 0.2) is 0 Å². The van der Waals surface area contributed by atoms with Gasteiger partial charge in [-0.2, -0.15) is 0 Å². The number of nitrogens with one attached hydrogen (secondary N) is 1. The van der Waals surface area contributed by atoms with Gasteiger partial charge in [0.1, 0.15) is 4.34 Å². The maximum atomic E-state index is 11.9. The molecule has 0 aliphatic carbocycles. The SMILES string of the molecule is O=C(NCC(O)c1ccccc1)c1cc(Cl)sc1Cl. The van der Waals surface area contributed by atoms with Crippen LogP contribution in [0.2, 0.25) is 8.67 Å². The molecule has 19 heavy (non-hydrogen) atoms. The van der Waals surface area contributed by atoms with Gasteiger partial charge in [0.05, 0.1) is 16.0 Å². The van der Waals surface area contributed by atoms with Crippen LogP contribution in [0.1, 0.15) is 22.0 Å². The summed E-state index contributed by atoms with van der Waals surface area (Å²) in [4.78, 5) is 11.9. The molecule has 1 unspecified atom stereocenters. The minimum absolute atomic E-state index is 0.118. The molecular formula is C13H11Cl2NO2S. The number of carbonyl (C=O) groups is 1. The van der Waals surface area contributed by atoms with E-state index in [0.717, 1.165) is 16.9 Å². The van der Waals surface area contributed by atoms with Gasteiger partial charge >= 0.3 is 0 Å². The number of benzene rings is 1. The van der Waals surface area contributed by atoms with Crippen LogP contribution in [0.15, 0.2) is 36.4 Å². The zero-order valence-corrected chi connectivity index (χ0v) is 12.1. The number of amides is 1. The molecule has 0 aliphatic heterocycles. The van der Waals surface area contributed by atoms with E-state index < -0.39 is 6.10 Å². The van der Waals surface area contributed by atoms with E-state index in [-0.39, 0.29) is 12.5 Å². The first-order valence-electron chi connectivity index (χ1n) is 5.54. The molecule has 1 heterocycles. The monoisotopic (exact) mass is 315 g/mol. The van der Waals surface area contributed by atoms with Gasteiger partial charge in [-0.3, -0.25) is 4.79 Å². The van der Waals surface area contributed by atoms with E-state index in [2.05, 4.69) is 5.32 Å². The van der Waals surface area contributed by atoms with Crippen molar-refractivity contribution in [2.75, 3.05) is 6.54 Å². The number of carbonyl (C=O) groups excluding carboxylic acids is 1. The molecule has 0 radical (unpaired) electrons. The summed E-state index contributed by atoms with van der Waals surface area (Å²) < 4.78 is 0.801. The lowest BCUT2D eigenvalue weighted by molar-refractivity contribution is 0.0917. The molecule has 1 aromatic heterocycles. The minimum atomic E-state index is -0.752. The molecule has 2 rings (SSSR count). The largest absolute Gasteiger partial charge is 0.387 e. The van der Waals surface area contributed by atoms with Crippen molar-refractivity contribution in [1.82, 2.24) is 5.32 Å². The van der Waals surface area contributed by atoms with Gasteiger partial charge in [-0.25, -0.2) is 0 Å². The maximum Gasteiger partial charge on any atom is 0.253 e. The van der Waals surface area contributed by atoms with Gasteiger partial charge in [0.25, 0.3) is 5.91 Å². The average Bonchev–Trinajstić information content (AvgIpc) is 2.75. The molecule has 1 aromatic carbocycles. The topological polar surface area (TPSA) is 49.3 Å². The van der Waals surface area contributed by atoms with Crippen LogP contribution in [0.25, 0.3) is 0 Å². The van der Waals surface area contributed by atoms with Crippen molar-refractivity contribution in [2.45, 2.75) is 6.10 Å². The summed E-state index contributed by atoms with van der Waals surface area (Å²) in [6.45, 7) is 0.118. The van der Waals surface area contributed by atoms with Crippen LogP contribution in [-0.2, 0) is 0 Å². The standard InChI is InChI=1S/C13H11Cl2NO2S/c14-11-6-9(12(15)19-11)13(18)16-7-10(17)8-4-2-1-3-5-8/h1-6,10,17H,7H2,(H,16,18). The second kappa shape index (κ2) is 6.39. The highest BCUT2D eigenvalue weighted by atomic mass is 35.5. The highest BCUT2D eigenvalue weighted by Gasteiger charge is 2.15. The van der Waals surface area contributed by atoms with E-state index in [9.17, 15) is 9.90 Å². The predicted molar refractivity (Wildman–Crippen MR) is 78.1 cm³/mol. The van der Waals surface area contributed by atoms with Crippen molar-refractivity contribution in [3.63, 3.8) is 0 Å². The molecule has 2 N–H and O–H groups in total. The maximum absolute atomic E-state index is 11.9. The molecule has 2 aromatic rings. The Balaban J connectivity index is 1.96. The van der Waals surface area contributed by atoms with Gasteiger partial charge in [-0.1, -0.05) is 53.5 Å². The Labute approximate surface area is 124 Å². The summed E-state index contributed by atoms with van der Waals surface area (Å²) in [5, 5.41) is 12.5. The molecule has 0 aliphatic rings. The summed E-state index contributed by atoms with van der Waals surface area (Å²) in [6, 6.07) is 10.6. The molecule has 1 amide bonds. The summed E-state index contributed by atoms with van der Waals surface area (Å²) in [5.41, 5.74) is 1.08. The predicted octanol–water partition coefficient (Wildman–Crippen LogP) is 3.52. The molecule has 0 bridgehead atoms. The van der Waals surface area contributed by atoms with Crippen molar-refractivity contribution in [2.24, 2.45) is 0 Å². The van der Waals surface area contributed by atoms with Gasteiger partial charge in [-0.15, -0.1) is 11.3 Å². The molecule has 100 valence electrons. The van der Waals surface area contributed by atoms with Crippen molar-refractivity contribution in [3.8, 4) is 0 Å². The summed E-state index contributed by atoms with van der Waals surface area (Å²) in [7, 11) is 0. The molecular weight excluding hydrogens is 305 g/mol. The number of halogens is 2. The van der Waals surface area contributed by atoms with Crippen molar-refractivity contribution >= 4 is 40.4 Å². The fourth-order valence-corrected chi connectivity index (χ4v) is 3.03. The second-order valence-corrected chi connectivity index (χ2v) is 6.16. The van der Waals surface area contributed by atoms with Crippen LogP contribution in [-0.4, -0.2) is 17.6 Å². The van der Waals surface area contributed by atoms with Crippen LogP contribution in [0.3, 0.4) is 0 Å². The first-order valence-corrected chi connectivity index (χ1v) is 7.11. The Morgan fingerprint density at radius 3 is 2.58 bits per heavy atom. The number of hydrogen-bond acceptors (Lipinski definition) is 3. The first-order chi connectivity index (χ1) is 9.08. The number of aliphatic hydroxyl groups is 1. The summed E-state index contributed by atoms with van der Waals surface area (Å²) in [6.07, 6.45) is -0.752. The van der Waals surface area contributed by atoms with Crippen molar-refractivity contribution in [3.05, 3.63) is 56.2 Å². The van der Waals surface area contributed by atoms with Crippen LogP contribution in [0.5, 0.6) is 0 Å². The van der Waals surface area contributed by atoms with E-state index in [0.29, 0.717) is 14.2 Å². The van der Waals surface area contributed by atoms with E-state index >= 15 is 0 Å². The zero-order valence-electron chi connectivity index (χ0n) is 9.77. The molecule has 6 heteroatoms. The van der Waals surface area contributed by atoms with Crippen molar-refractivity contribution < 1.29 is 9.90 Å². The van der Waals surface area contributed by atoms with E-state index in [1.165, 1.54) is 6.07 Å². The molecule has 0 spiro atoms. The van der Waals surface area contributed by atoms with Gasteiger partial charge in [0.2, 0.25) is 0 Å². The Hall–Kier alpha value is -1.07. The van der Waals surface area contributed by atoms with E-state index in [1.54, 1.807) is 12.1 Å². The number of rotatable bonds is 4. The Kier molecular flexibility index (Phi) is 4.82. The fraction of sp³-hybridized carbons (Fsp3) is 0.154. The van der Waals surface area contributed by atoms with Gasteiger partial charge in [-0.05, 0) is 11.6 Å². The van der Waals surface area contributed by atoms with Crippen molar-refractivity contribution in [1.29, 1.82) is 0 Å². The van der Waals surface area contributed by atoms with Crippen LogP contribution >= 0.6 is 34.5 Å². The lowest BCUT2D eigenvalue weighted by Crippen LogP contribution is -2.28. The third kappa shape index (κ3) is 3.70. The second-order valence-electron chi connectivity index (χ2n) is 3.87. The summed E-state index contributed by atoms with van der Waals surface area (Å²) in [5.74, 6) is -0.344. The first kappa shape index (κ1) is 14.3. The van der Waals surface area contributed by atoms with Crippen LogP contribution < -0.4 is 5.32 Å². The van der Waals surface area contributed by atoms with E-state index in [1.807, 2.05) is 18.2 Å². The quantitative estimate of drug-likeness (QED) is 0.907. The third-order valence-electron chi connectivity index (χ3n) is 2.54. The molecule has 3 nitrogen and oxygen atoms in total. The lowest BCUT2D eigenvalue weighted by Gasteiger charge is -2.11. The summed E-state index contributed by atoms with van der Waals surface area (Å²) >= 11 is 12.8. The van der Waals surface area contributed by atoms with Crippen LogP contribution in [0, 0.1) is 0 Å². The van der Waals surface area contributed by atoms with E-state index in [4.69, 9.17) is 23.2 Å². The molecule has 0 saturated carbocycles. The number of hydrogen-bond donors (Lipinski definition) is 2. The van der Waals surface area contributed by atoms with Gasteiger partial charge in [0, 0.05) is 6.54 Å². The molecule has 0 fully saturated rings. The Bertz CT molecular complexity index is 571. The minimum Gasteiger partial charge on any atom is -0.387 e. The smallest absolute Gasteiger partial charge is 0.253 e. The Morgan fingerprint density at radius 1 is 1.32 bits per heavy atom. The highest BCUT2D eigenvalue weighted by Crippen LogP contribution is 2.31. The Morgan fingerprint density at radius 2 is 2.00 bits per heavy atom. The third-order valence-corrected chi connectivity index (χ3v) is 4.03. The molecule has 0 saturated heterocycles. The van der Waals surface area contributed by atoms with Crippen LogP contribution in [0.4, 0.5) is 0 Å². The lowest BCUT2D eigenvalue weighted by atomic mass is 10.1. The zero-order chi connectivity index (χ0) is 13.8. The number of aliphatic hydroxyl groups excluding tert-OH is 1. The van der Waals surface area contributed by atoms with Gasteiger partial charge < -0.3 is 10.4 Å². The molecule has 1 atom stereocenters.